The first-order valence-electron chi connectivity index (χ1n) is 6.08. The molecule has 1 aromatic rings. The molecule has 3 heteroatoms. The van der Waals surface area contributed by atoms with Crippen LogP contribution in [0, 0.1) is 13.8 Å². The highest BCUT2D eigenvalue weighted by Gasteiger charge is 2.12. The van der Waals surface area contributed by atoms with Crippen molar-refractivity contribution in [2.75, 3.05) is 7.11 Å². The summed E-state index contributed by atoms with van der Waals surface area (Å²) in [7, 11) is 1.62. The number of hydrogen-bond acceptors (Lipinski definition) is 2. The number of benzene rings is 1. The molecular weight excluding hydrogens is 228 g/mol. The van der Waals surface area contributed by atoms with Gasteiger partial charge in [-0.2, -0.15) is 0 Å². The van der Waals surface area contributed by atoms with E-state index in [1.54, 1.807) is 7.11 Å². The minimum Gasteiger partial charge on any atom is -0.496 e. The standard InChI is InChI=1S/C15H20O3/c1-5-6-12(9-14(16)17)13-8-10(2)7-11(3)15(13)18-4/h7-9H,5-6H2,1-4H3,(H,16,17)/b12-9+. The van der Waals surface area contributed by atoms with Crippen LogP contribution in [0.25, 0.3) is 5.57 Å². The molecular formula is C15H20O3. The SMILES string of the molecule is CCC/C(=C\C(=O)O)c1cc(C)cc(C)c1OC. The summed E-state index contributed by atoms with van der Waals surface area (Å²) in [5.41, 5.74) is 3.84. The lowest BCUT2D eigenvalue weighted by Gasteiger charge is -2.15. The zero-order chi connectivity index (χ0) is 13.7. The normalized spacial score (nSPS) is 11.4. The van der Waals surface area contributed by atoms with Gasteiger partial charge in [0.05, 0.1) is 7.11 Å². The molecule has 0 aromatic heterocycles. The van der Waals surface area contributed by atoms with Crippen molar-refractivity contribution in [3.05, 3.63) is 34.9 Å². The van der Waals surface area contributed by atoms with Crippen molar-refractivity contribution in [1.29, 1.82) is 0 Å². The van der Waals surface area contributed by atoms with Crippen molar-refractivity contribution in [3.63, 3.8) is 0 Å². The molecule has 0 amide bonds. The highest BCUT2D eigenvalue weighted by Crippen LogP contribution is 2.33. The Hall–Kier alpha value is -1.77. The highest BCUT2D eigenvalue weighted by molar-refractivity contribution is 5.91. The van der Waals surface area contributed by atoms with Crippen LogP contribution in [0.4, 0.5) is 0 Å². The van der Waals surface area contributed by atoms with E-state index in [1.807, 2.05) is 32.9 Å². The lowest BCUT2D eigenvalue weighted by molar-refractivity contribution is -0.131. The maximum Gasteiger partial charge on any atom is 0.328 e. The molecule has 0 aliphatic carbocycles. The predicted molar refractivity (Wildman–Crippen MR) is 73.0 cm³/mol. The minimum absolute atomic E-state index is 0.728. The lowest BCUT2D eigenvalue weighted by Crippen LogP contribution is -1.98. The van der Waals surface area contributed by atoms with E-state index in [0.29, 0.717) is 0 Å². The summed E-state index contributed by atoms with van der Waals surface area (Å²) in [6, 6.07) is 4.02. The van der Waals surface area contributed by atoms with E-state index in [2.05, 4.69) is 0 Å². The number of carbonyl (C=O) groups is 1. The van der Waals surface area contributed by atoms with E-state index < -0.39 is 5.97 Å². The first kappa shape index (κ1) is 14.3. The third-order valence-corrected chi connectivity index (χ3v) is 2.79. The van der Waals surface area contributed by atoms with Crippen molar-refractivity contribution in [2.45, 2.75) is 33.6 Å². The summed E-state index contributed by atoms with van der Waals surface area (Å²) in [6.07, 6.45) is 2.90. The van der Waals surface area contributed by atoms with E-state index in [1.165, 1.54) is 6.08 Å². The van der Waals surface area contributed by atoms with E-state index in [-0.39, 0.29) is 0 Å². The fourth-order valence-electron chi connectivity index (χ4n) is 2.17. The number of rotatable bonds is 5. The molecule has 0 aliphatic heterocycles. The number of methoxy groups -OCH3 is 1. The van der Waals surface area contributed by atoms with Gasteiger partial charge in [0.1, 0.15) is 5.75 Å². The van der Waals surface area contributed by atoms with Gasteiger partial charge in [0.25, 0.3) is 0 Å². The zero-order valence-electron chi connectivity index (χ0n) is 11.4. The zero-order valence-corrected chi connectivity index (χ0v) is 11.4. The van der Waals surface area contributed by atoms with Gasteiger partial charge in [-0.25, -0.2) is 4.79 Å². The number of aliphatic carboxylic acids is 1. The molecule has 98 valence electrons. The minimum atomic E-state index is -0.917. The largest absolute Gasteiger partial charge is 0.496 e. The van der Waals surface area contributed by atoms with Crippen molar-refractivity contribution < 1.29 is 14.6 Å². The second-order valence-electron chi connectivity index (χ2n) is 4.42. The third-order valence-electron chi connectivity index (χ3n) is 2.79. The molecule has 0 fully saturated rings. The smallest absolute Gasteiger partial charge is 0.328 e. The maximum atomic E-state index is 10.9. The van der Waals surface area contributed by atoms with Gasteiger partial charge in [0, 0.05) is 11.6 Å². The topological polar surface area (TPSA) is 46.5 Å². The van der Waals surface area contributed by atoms with Crippen LogP contribution in [0.1, 0.15) is 36.5 Å². The summed E-state index contributed by atoms with van der Waals surface area (Å²) < 4.78 is 5.41. The van der Waals surface area contributed by atoms with Crippen molar-refractivity contribution in [2.24, 2.45) is 0 Å². The number of hydrogen-bond donors (Lipinski definition) is 1. The van der Waals surface area contributed by atoms with Crippen LogP contribution in [-0.2, 0) is 4.79 Å². The molecule has 0 atom stereocenters. The molecule has 0 saturated heterocycles. The van der Waals surface area contributed by atoms with Gasteiger partial charge in [-0.1, -0.05) is 19.4 Å². The Labute approximate surface area is 108 Å². The first-order valence-corrected chi connectivity index (χ1v) is 6.08. The molecule has 0 radical (unpaired) electrons. The molecule has 0 spiro atoms. The molecule has 0 saturated carbocycles. The van der Waals surface area contributed by atoms with Gasteiger partial charge in [0.15, 0.2) is 0 Å². The average Bonchev–Trinajstić information content (AvgIpc) is 2.27. The maximum absolute atomic E-state index is 10.9. The Kier molecular flexibility index (Phi) is 4.95. The van der Waals surface area contributed by atoms with Crippen LogP contribution >= 0.6 is 0 Å². The highest BCUT2D eigenvalue weighted by atomic mass is 16.5. The van der Waals surface area contributed by atoms with Gasteiger partial charge in [-0.15, -0.1) is 0 Å². The van der Waals surface area contributed by atoms with Crippen LogP contribution in [0.3, 0.4) is 0 Å². The first-order chi connectivity index (χ1) is 8.49. The molecule has 0 aliphatic rings. The molecule has 0 unspecified atom stereocenters. The number of allylic oxidation sites excluding steroid dienone is 1. The molecule has 1 aromatic carbocycles. The van der Waals surface area contributed by atoms with Crippen molar-refractivity contribution in [3.8, 4) is 5.75 Å². The van der Waals surface area contributed by atoms with Crippen LogP contribution in [0.2, 0.25) is 0 Å². The Balaban J connectivity index is 3.39. The van der Waals surface area contributed by atoms with Crippen LogP contribution in [0.15, 0.2) is 18.2 Å². The van der Waals surface area contributed by atoms with E-state index >= 15 is 0 Å². The van der Waals surface area contributed by atoms with Crippen LogP contribution in [-0.4, -0.2) is 18.2 Å². The van der Waals surface area contributed by atoms with Crippen molar-refractivity contribution >= 4 is 11.5 Å². The molecule has 1 rings (SSSR count). The second-order valence-corrected chi connectivity index (χ2v) is 4.42. The summed E-state index contributed by atoms with van der Waals surface area (Å²) in [4.78, 5) is 10.9. The average molecular weight is 248 g/mol. The fourth-order valence-corrected chi connectivity index (χ4v) is 2.17. The molecule has 3 nitrogen and oxygen atoms in total. The Morgan fingerprint density at radius 3 is 2.56 bits per heavy atom. The summed E-state index contributed by atoms with van der Waals surface area (Å²) in [6.45, 7) is 6.00. The number of ether oxygens (including phenoxy) is 1. The number of carboxylic acids is 1. The molecule has 0 bridgehead atoms. The summed E-state index contributed by atoms with van der Waals surface area (Å²) in [5, 5.41) is 8.96. The van der Waals surface area contributed by atoms with Crippen molar-refractivity contribution in [1.82, 2.24) is 0 Å². The fraction of sp³-hybridized carbons (Fsp3) is 0.400. The summed E-state index contributed by atoms with van der Waals surface area (Å²) in [5.74, 6) is -0.152. The van der Waals surface area contributed by atoms with Gasteiger partial charge in [-0.3, -0.25) is 0 Å². The molecule has 1 N–H and O–H groups in total. The van der Waals surface area contributed by atoms with Gasteiger partial charge in [-0.05, 0) is 43.0 Å². The van der Waals surface area contributed by atoms with E-state index in [4.69, 9.17) is 9.84 Å². The van der Waals surface area contributed by atoms with Crippen LogP contribution < -0.4 is 4.74 Å². The number of aryl methyl sites for hydroxylation is 2. The second kappa shape index (κ2) is 6.24. The van der Waals surface area contributed by atoms with E-state index in [0.717, 1.165) is 40.9 Å². The monoisotopic (exact) mass is 248 g/mol. The van der Waals surface area contributed by atoms with Gasteiger partial charge < -0.3 is 9.84 Å². The summed E-state index contributed by atoms with van der Waals surface area (Å²) >= 11 is 0. The Bertz CT molecular complexity index is 473. The quantitative estimate of drug-likeness (QED) is 0.810. The van der Waals surface area contributed by atoms with Gasteiger partial charge >= 0.3 is 5.97 Å². The Morgan fingerprint density at radius 1 is 1.39 bits per heavy atom. The van der Waals surface area contributed by atoms with Crippen LogP contribution in [0.5, 0.6) is 5.75 Å². The van der Waals surface area contributed by atoms with E-state index in [9.17, 15) is 4.79 Å². The number of carboxylic acid groups (broad SMARTS) is 1. The predicted octanol–water partition coefficient (Wildman–Crippen LogP) is 3.58. The lowest BCUT2D eigenvalue weighted by atomic mass is 9.96. The Morgan fingerprint density at radius 2 is 2.06 bits per heavy atom. The third kappa shape index (κ3) is 3.36. The molecule has 0 heterocycles. The molecule has 18 heavy (non-hydrogen) atoms. The van der Waals surface area contributed by atoms with Gasteiger partial charge in [0.2, 0.25) is 0 Å².